The summed E-state index contributed by atoms with van der Waals surface area (Å²) in [4.78, 5) is 148. The Balaban J connectivity index is 1.38. The lowest BCUT2D eigenvalue weighted by Crippen LogP contribution is -2.60. The largest absolute Gasteiger partial charge is 0.460 e. The number of nitrogens with one attached hydrogen (secondary N) is 6. The lowest BCUT2D eigenvalue weighted by Gasteiger charge is -2.38. The van der Waals surface area contributed by atoms with E-state index in [1.54, 1.807) is 193 Å². The number of carbonyl (C=O) groups excluding carboxylic acids is 10. The molecule has 26 heteroatoms. The Morgan fingerprint density at radius 1 is 0.555 bits per heavy atom. The highest BCUT2D eigenvalue weighted by atomic mass is 32.2. The number of ether oxygens (including phenoxy) is 5. The van der Waals surface area contributed by atoms with Crippen LogP contribution in [0.2, 0.25) is 0 Å². The minimum atomic E-state index is -4.72. The molecular weight excluding hydrogens is 1430 g/mol. The second kappa shape index (κ2) is 37.3. The third-order valence-corrected chi connectivity index (χ3v) is 19.9. The van der Waals surface area contributed by atoms with E-state index < -0.39 is 172 Å². The zero-order valence-electron chi connectivity index (χ0n) is 66.0. The van der Waals surface area contributed by atoms with Crippen LogP contribution in [0, 0.1) is 32.6 Å². The van der Waals surface area contributed by atoms with Crippen molar-refractivity contribution in [1.29, 1.82) is 0 Å². The van der Waals surface area contributed by atoms with Gasteiger partial charge in [0, 0.05) is 12.3 Å². The van der Waals surface area contributed by atoms with Crippen LogP contribution in [0.4, 0.5) is 9.59 Å². The van der Waals surface area contributed by atoms with Crippen molar-refractivity contribution in [3.63, 3.8) is 0 Å². The fourth-order valence-corrected chi connectivity index (χ4v) is 15.1. The number of fused-ring (bicyclic) bond motifs is 3. The van der Waals surface area contributed by atoms with Crippen molar-refractivity contribution >= 4 is 69.7 Å². The zero-order chi connectivity index (χ0) is 81.4. The standard InChI is InChI=1S/C84H108N8O17S/c1-50(2)43-65(91-110(103,104)73-53(6)44-52(5)45-54(73)7)68(48-92(80(102)109-83(15,16)17)67(47-71(95)108-82(12,13)14)76(98)86-55(8)74(85)96)106-78(100)66(46-69(93)90-84(56-31-21-18-22-32-56,57-33-23-19-24-34-57)58-35-25-20-26-36-58)87-77(99)72(51(3)4)89-75(97)64(41-42-70(94)107-81(9,10)11)88-79(101)105-49-63-61-39-29-27-37-59(61)60-38-28-30-40-62(60)63/h18-40,44-45,50-51,55,63-68,72,91H,41-43,46-49H2,1-17H3,(H2,85,96)(H,86,98)(H,87,99)(H,88,101)(H,89,97)(H,90,93)/t55-,64-,65-,66-,67-,68-,72-/m0/s1. The number of sulfonamides is 1. The number of hydrogen-bond donors (Lipinski definition) is 7. The predicted octanol–water partition coefficient (Wildman–Crippen LogP) is 10.7. The summed E-state index contributed by atoms with van der Waals surface area (Å²) >= 11 is 0. The third kappa shape index (κ3) is 24.0. The molecule has 7 atom stereocenters. The summed E-state index contributed by atoms with van der Waals surface area (Å²) in [5.41, 5.74) is 7.50. The second-order valence-corrected chi connectivity index (χ2v) is 33.3. The SMILES string of the molecule is Cc1cc(C)c(S(=O)(=O)N[C@@H](CC(C)C)[C@H](CN(C(=O)OC(C)(C)C)[C@@H](CC(=O)OC(C)(C)C)C(=O)N[C@@H](C)C(N)=O)OC(=O)[C@H](CC(=O)NC(c2ccccc2)(c2ccccc2)c2ccccc2)NC(=O)[C@@H](NC(=O)[C@H](CCC(=O)OC(C)(C)C)NC(=O)OCC2c3ccccc3-c3ccccc32)C(C)C)c(C)c1. The smallest absolute Gasteiger partial charge is 0.411 e. The van der Waals surface area contributed by atoms with Gasteiger partial charge in [-0.3, -0.25) is 38.5 Å². The summed E-state index contributed by atoms with van der Waals surface area (Å²) in [5, 5.41) is 13.7. The molecule has 0 fully saturated rings. The van der Waals surface area contributed by atoms with Crippen molar-refractivity contribution in [2.45, 2.75) is 225 Å². The van der Waals surface area contributed by atoms with E-state index in [2.05, 4.69) is 31.3 Å². The first-order chi connectivity index (χ1) is 51.5. The van der Waals surface area contributed by atoms with Crippen LogP contribution < -0.4 is 37.0 Å². The average Bonchev–Trinajstić information content (AvgIpc) is 0.854. The van der Waals surface area contributed by atoms with E-state index in [1.807, 2.05) is 48.5 Å². The molecule has 1 aliphatic carbocycles. The Bertz CT molecular complexity index is 4220. The second-order valence-electron chi connectivity index (χ2n) is 31.7. The Labute approximate surface area is 646 Å². The van der Waals surface area contributed by atoms with Crippen LogP contribution in [-0.2, 0) is 77.6 Å². The third-order valence-electron chi connectivity index (χ3n) is 18.1. The van der Waals surface area contributed by atoms with Gasteiger partial charge >= 0.3 is 30.1 Å². The number of hydrogen-bond acceptors (Lipinski definition) is 17. The summed E-state index contributed by atoms with van der Waals surface area (Å²) in [6.45, 7) is 25.9. The Morgan fingerprint density at radius 3 is 1.51 bits per heavy atom. The maximum Gasteiger partial charge on any atom is 0.411 e. The van der Waals surface area contributed by atoms with Crippen molar-refractivity contribution in [1.82, 2.24) is 36.2 Å². The van der Waals surface area contributed by atoms with Crippen molar-refractivity contribution < 1.29 is 80.0 Å². The molecule has 1 aliphatic rings. The van der Waals surface area contributed by atoms with Crippen LogP contribution in [0.5, 0.6) is 0 Å². The van der Waals surface area contributed by atoms with Gasteiger partial charge in [-0.15, -0.1) is 0 Å². The molecule has 0 saturated heterocycles. The van der Waals surface area contributed by atoms with Gasteiger partial charge in [0.2, 0.25) is 39.6 Å². The van der Waals surface area contributed by atoms with Gasteiger partial charge in [0.05, 0.1) is 30.3 Å². The lowest BCUT2D eigenvalue weighted by atomic mass is 9.77. The number of alkyl carbamates (subject to hydrolysis) is 1. The summed E-state index contributed by atoms with van der Waals surface area (Å²) in [6, 6.07) is 35.2. The predicted molar refractivity (Wildman–Crippen MR) is 416 cm³/mol. The molecular formula is C84H108N8O17S. The molecule has 0 bridgehead atoms. The molecule has 8 N–H and O–H groups in total. The minimum Gasteiger partial charge on any atom is -0.460 e. The van der Waals surface area contributed by atoms with Gasteiger partial charge < -0.3 is 56.0 Å². The molecule has 592 valence electrons. The number of nitrogens with zero attached hydrogens (tertiary/aromatic N) is 1. The van der Waals surface area contributed by atoms with E-state index in [4.69, 9.17) is 29.4 Å². The molecule has 0 spiro atoms. The maximum atomic E-state index is 16.3. The highest BCUT2D eigenvalue weighted by molar-refractivity contribution is 7.89. The van der Waals surface area contributed by atoms with Gasteiger partial charge in [0.1, 0.15) is 65.3 Å². The Hall–Kier alpha value is -10.5. The molecule has 0 aliphatic heterocycles. The highest BCUT2D eigenvalue weighted by Crippen LogP contribution is 2.45. The number of carbonyl (C=O) groups is 10. The first-order valence-electron chi connectivity index (χ1n) is 37.0. The molecule has 0 radical (unpaired) electrons. The molecule has 7 amide bonds. The van der Waals surface area contributed by atoms with Crippen LogP contribution in [0.15, 0.2) is 157 Å². The Kier molecular flexibility index (Phi) is 29.4. The number of esters is 3. The van der Waals surface area contributed by atoms with Gasteiger partial charge in [0.25, 0.3) is 0 Å². The highest BCUT2D eigenvalue weighted by Gasteiger charge is 2.45. The monoisotopic (exact) mass is 1530 g/mol. The molecule has 6 aromatic rings. The van der Waals surface area contributed by atoms with E-state index in [0.29, 0.717) is 27.8 Å². The van der Waals surface area contributed by atoms with Crippen LogP contribution in [-0.4, -0.2) is 145 Å². The average molecular weight is 1530 g/mol. The van der Waals surface area contributed by atoms with Gasteiger partial charge in [-0.2, -0.15) is 0 Å². The van der Waals surface area contributed by atoms with Gasteiger partial charge in [0.15, 0.2) is 0 Å². The molecule has 0 aromatic heterocycles. The van der Waals surface area contributed by atoms with Gasteiger partial charge in [-0.05, 0) is 165 Å². The fourth-order valence-electron chi connectivity index (χ4n) is 13.4. The van der Waals surface area contributed by atoms with E-state index >= 15 is 32.4 Å². The molecule has 0 heterocycles. The van der Waals surface area contributed by atoms with Crippen molar-refractivity contribution in [3.8, 4) is 11.1 Å². The number of benzene rings is 6. The van der Waals surface area contributed by atoms with Crippen LogP contribution >= 0.6 is 0 Å². The summed E-state index contributed by atoms with van der Waals surface area (Å²) in [6.07, 6.45) is -7.21. The number of aryl methyl sites for hydroxylation is 3. The normalized spacial score (nSPS) is 14.3. The first kappa shape index (κ1) is 86.8. The number of primary amides is 1. The number of amides is 7. The van der Waals surface area contributed by atoms with E-state index in [9.17, 15) is 24.0 Å². The summed E-state index contributed by atoms with van der Waals surface area (Å²) in [5.74, 6) is -10.0. The van der Waals surface area contributed by atoms with Crippen LogP contribution in [0.1, 0.15) is 179 Å². The van der Waals surface area contributed by atoms with E-state index in [1.165, 1.54) is 27.7 Å². The molecule has 0 unspecified atom stereocenters. The van der Waals surface area contributed by atoms with Crippen molar-refractivity contribution in [2.75, 3.05) is 13.2 Å². The fraction of sp³-hybridized carbons (Fsp3) is 0.452. The van der Waals surface area contributed by atoms with Crippen molar-refractivity contribution in [2.24, 2.45) is 17.6 Å². The van der Waals surface area contributed by atoms with Crippen LogP contribution in [0.25, 0.3) is 11.1 Å². The first-order valence-corrected chi connectivity index (χ1v) is 38.5. The summed E-state index contributed by atoms with van der Waals surface area (Å²) < 4.78 is 63.1. The molecule has 110 heavy (non-hydrogen) atoms. The van der Waals surface area contributed by atoms with Gasteiger partial charge in [-0.25, -0.2) is 27.5 Å². The zero-order valence-corrected chi connectivity index (χ0v) is 66.8. The molecule has 7 rings (SSSR count). The number of rotatable bonds is 33. The van der Waals surface area contributed by atoms with Gasteiger partial charge in [-0.1, -0.05) is 185 Å². The van der Waals surface area contributed by atoms with E-state index in [0.717, 1.165) is 32.7 Å². The minimum absolute atomic E-state index is 0.142. The molecule has 0 saturated carbocycles. The molecule has 25 nitrogen and oxygen atoms in total. The summed E-state index contributed by atoms with van der Waals surface area (Å²) in [7, 11) is -4.72. The maximum absolute atomic E-state index is 16.3. The van der Waals surface area contributed by atoms with Crippen LogP contribution in [0.3, 0.4) is 0 Å². The number of nitrogens with two attached hydrogens (primary N) is 1. The topological polar surface area (TPSA) is 352 Å². The van der Waals surface area contributed by atoms with E-state index in [-0.39, 0.29) is 30.3 Å². The van der Waals surface area contributed by atoms with Crippen molar-refractivity contribution in [3.05, 3.63) is 196 Å². The quantitative estimate of drug-likeness (QED) is 0.0114. The Morgan fingerprint density at radius 2 is 1.04 bits per heavy atom. The lowest BCUT2D eigenvalue weighted by molar-refractivity contribution is -0.160. The molecule has 6 aromatic carbocycles.